The molecular formula is C21H27N4O4+. The second-order valence-corrected chi connectivity index (χ2v) is 7.46. The van der Waals surface area contributed by atoms with Crippen LogP contribution >= 0.6 is 0 Å². The van der Waals surface area contributed by atoms with Crippen LogP contribution < -0.4 is 5.32 Å². The normalized spacial score (nSPS) is 24.2. The molecule has 154 valence electrons. The van der Waals surface area contributed by atoms with Gasteiger partial charge in [0.05, 0.1) is 0 Å². The van der Waals surface area contributed by atoms with E-state index >= 15 is 0 Å². The third-order valence-electron chi connectivity index (χ3n) is 5.27. The van der Waals surface area contributed by atoms with Gasteiger partial charge in [0.1, 0.15) is 25.0 Å². The van der Waals surface area contributed by atoms with Gasteiger partial charge in [-0.05, 0) is 33.1 Å². The Bertz CT molecular complexity index is 919. The monoisotopic (exact) mass is 399 g/mol. The summed E-state index contributed by atoms with van der Waals surface area (Å²) in [6.45, 7) is 3.41. The topological polar surface area (TPSA) is 111 Å². The molecule has 8 nitrogen and oxygen atoms in total. The van der Waals surface area contributed by atoms with Gasteiger partial charge in [0.25, 0.3) is 11.7 Å². The number of aliphatic hydroxyl groups excluding tert-OH is 1. The highest BCUT2D eigenvalue weighted by Crippen LogP contribution is 2.40. The van der Waals surface area contributed by atoms with E-state index in [1.807, 2.05) is 39.1 Å². The first kappa shape index (κ1) is 20.7. The van der Waals surface area contributed by atoms with Crippen LogP contribution in [-0.2, 0) is 9.59 Å². The number of hydrogen-bond acceptors (Lipinski definition) is 5. The Morgan fingerprint density at radius 3 is 2.66 bits per heavy atom. The summed E-state index contributed by atoms with van der Waals surface area (Å²) in [5, 5.41) is 26.6. The molecule has 3 aliphatic rings. The van der Waals surface area contributed by atoms with Gasteiger partial charge in [-0.3, -0.25) is 9.59 Å². The zero-order valence-corrected chi connectivity index (χ0v) is 17.0. The van der Waals surface area contributed by atoms with Gasteiger partial charge < -0.3 is 15.5 Å². The van der Waals surface area contributed by atoms with Crippen LogP contribution in [0.5, 0.6) is 0 Å². The van der Waals surface area contributed by atoms with Gasteiger partial charge in [0.2, 0.25) is 0 Å². The number of carboxylic acid groups (broad SMARTS) is 1. The number of likely N-dealkylation sites (N-methyl/N-ethyl adjacent to an activating group) is 1. The van der Waals surface area contributed by atoms with Crippen molar-refractivity contribution in [2.24, 2.45) is 16.0 Å². The average molecular weight is 399 g/mol. The van der Waals surface area contributed by atoms with Crippen LogP contribution in [0.3, 0.4) is 0 Å². The molecule has 29 heavy (non-hydrogen) atoms. The largest absolute Gasteiger partial charge is 0.507 e. The lowest BCUT2D eigenvalue weighted by Gasteiger charge is -2.30. The summed E-state index contributed by atoms with van der Waals surface area (Å²) in [5.74, 6) is -0.724. The number of aliphatic imine (C=N–C) groups is 1. The summed E-state index contributed by atoms with van der Waals surface area (Å²) in [5.41, 5.74) is 1.98. The smallest absolute Gasteiger partial charge is 0.322 e. The predicted molar refractivity (Wildman–Crippen MR) is 110 cm³/mol. The number of aliphatic hydroxyl groups is 1. The molecule has 0 aromatic rings. The van der Waals surface area contributed by atoms with E-state index in [1.54, 1.807) is 6.08 Å². The van der Waals surface area contributed by atoms with E-state index in [2.05, 4.69) is 10.3 Å². The van der Waals surface area contributed by atoms with Crippen molar-refractivity contribution in [2.45, 2.75) is 39.5 Å². The lowest BCUT2D eigenvalue weighted by atomic mass is 10.0. The molecule has 1 aliphatic carbocycles. The summed E-state index contributed by atoms with van der Waals surface area (Å²) in [7, 11) is 1.85. The average Bonchev–Trinajstić information content (AvgIpc) is 3.46. The molecular weight excluding hydrogens is 372 g/mol. The van der Waals surface area contributed by atoms with Crippen LogP contribution in [-0.4, -0.2) is 51.9 Å². The molecule has 1 amide bonds. The Labute approximate surface area is 169 Å². The first-order chi connectivity index (χ1) is 13.8. The van der Waals surface area contributed by atoms with Crippen LogP contribution in [0.4, 0.5) is 0 Å². The number of rotatable bonds is 8. The SMILES string of the molecule is C/C=C\C(=C/C)CCC1=CC(O)=C(C(=O)NCC(=O)O)C2=NC(C3CC3)=N[N+]12C. The molecule has 0 aromatic heterocycles. The maximum absolute atomic E-state index is 12.6. The summed E-state index contributed by atoms with van der Waals surface area (Å²) < 4.78 is -0.0153. The molecule has 1 unspecified atom stereocenters. The number of carbonyl (C=O) groups excluding carboxylic acids is 1. The Kier molecular flexibility index (Phi) is 5.83. The quantitative estimate of drug-likeness (QED) is 0.430. The van der Waals surface area contributed by atoms with E-state index in [4.69, 9.17) is 10.2 Å². The number of nitrogens with zero attached hydrogens (tertiary/aromatic N) is 3. The zero-order valence-electron chi connectivity index (χ0n) is 17.0. The predicted octanol–water partition coefficient (Wildman–Crippen LogP) is 2.78. The molecule has 0 aromatic carbocycles. The van der Waals surface area contributed by atoms with Crippen LogP contribution in [0.25, 0.3) is 0 Å². The number of amides is 1. The molecule has 0 spiro atoms. The molecule has 0 radical (unpaired) electrons. The number of quaternary nitrogens is 1. The number of nitrogens with one attached hydrogen (secondary N) is 1. The van der Waals surface area contributed by atoms with Crippen molar-refractivity contribution in [1.82, 2.24) is 5.32 Å². The second-order valence-electron chi connectivity index (χ2n) is 7.46. The molecule has 3 N–H and O–H groups in total. The number of allylic oxidation sites excluding steroid dienone is 6. The maximum atomic E-state index is 12.6. The lowest BCUT2D eigenvalue weighted by molar-refractivity contribution is -0.786. The fourth-order valence-electron chi connectivity index (χ4n) is 3.50. The first-order valence-electron chi connectivity index (χ1n) is 9.78. The summed E-state index contributed by atoms with van der Waals surface area (Å²) in [6, 6.07) is 0. The molecule has 0 bridgehead atoms. The van der Waals surface area contributed by atoms with Crippen LogP contribution in [0.15, 0.2) is 57.0 Å². The molecule has 1 saturated carbocycles. The Morgan fingerprint density at radius 1 is 1.34 bits per heavy atom. The Hall–Kier alpha value is -3.00. The fraction of sp³-hybridized carbons (Fsp3) is 0.429. The number of aliphatic carboxylic acids is 1. The Balaban J connectivity index is 1.96. The summed E-state index contributed by atoms with van der Waals surface area (Å²) in [6.07, 6.45) is 11.0. The number of fused-ring (bicyclic) bond motifs is 1. The number of hydrogen-bond donors (Lipinski definition) is 3. The molecule has 1 fully saturated rings. The highest BCUT2D eigenvalue weighted by Gasteiger charge is 2.50. The summed E-state index contributed by atoms with van der Waals surface area (Å²) >= 11 is 0. The van der Waals surface area contributed by atoms with Crippen molar-refractivity contribution >= 4 is 23.5 Å². The minimum Gasteiger partial charge on any atom is -0.507 e. The third kappa shape index (κ3) is 4.22. The van der Waals surface area contributed by atoms with Crippen molar-refractivity contribution < 1.29 is 24.4 Å². The first-order valence-corrected chi connectivity index (χ1v) is 9.78. The van der Waals surface area contributed by atoms with Crippen LogP contribution in [0.1, 0.15) is 39.5 Å². The van der Waals surface area contributed by atoms with Gasteiger partial charge in [-0.1, -0.05) is 28.9 Å². The van der Waals surface area contributed by atoms with E-state index in [9.17, 15) is 14.7 Å². The van der Waals surface area contributed by atoms with Gasteiger partial charge in [-0.2, -0.15) is 4.99 Å². The number of carbonyl (C=O) groups is 2. The van der Waals surface area contributed by atoms with Gasteiger partial charge >= 0.3 is 5.97 Å². The highest BCUT2D eigenvalue weighted by molar-refractivity contribution is 6.23. The van der Waals surface area contributed by atoms with Crippen molar-refractivity contribution in [3.05, 3.63) is 46.9 Å². The molecule has 3 rings (SSSR count). The van der Waals surface area contributed by atoms with Crippen LogP contribution in [0, 0.1) is 5.92 Å². The summed E-state index contributed by atoms with van der Waals surface area (Å²) in [4.78, 5) is 28.0. The lowest BCUT2D eigenvalue weighted by Crippen LogP contribution is -2.48. The molecule has 1 atom stereocenters. The molecule has 2 heterocycles. The van der Waals surface area contributed by atoms with E-state index in [0.29, 0.717) is 18.1 Å². The minimum absolute atomic E-state index is 0.0153. The van der Waals surface area contributed by atoms with Crippen molar-refractivity contribution in [2.75, 3.05) is 13.6 Å². The standard InChI is InChI=1S/C21H26N4O4/c1-4-6-13(5-2)7-10-15-11-16(26)18(21(29)22-12-17(27)28)20-23-19(14-8-9-14)24-25(15,20)3/h4-6,11,14H,7-10,12H2,1-3H3,(H2-,22,23,24,26,27,28,29)/p+1/b6-4-,13-5+. The van der Waals surface area contributed by atoms with Crippen molar-refractivity contribution in [3.8, 4) is 0 Å². The van der Waals surface area contributed by atoms with Crippen molar-refractivity contribution in [1.29, 1.82) is 0 Å². The minimum atomic E-state index is -1.16. The third-order valence-corrected chi connectivity index (χ3v) is 5.27. The van der Waals surface area contributed by atoms with E-state index in [-0.39, 0.29) is 21.8 Å². The second kappa shape index (κ2) is 8.16. The Morgan fingerprint density at radius 2 is 2.07 bits per heavy atom. The van der Waals surface area contributed by atoms with E-state index in [0.717, 1.165) is 30.5 Å². The van der Waals surface area contributed by atoms with Gasteiger partial charge in [-0.15, -0.1) is 4.59 Å². The molecule has 2 aliphatic heterocycles. The van der Waals surface area contributed by atoms with Gasteiger partial charge in [0, 0.05) is 18.4 Å². The highest BCUT2D eigenvalue weighted by atomic mass is 16.4. The van der Waals surface area contributed by atoms with Crippen molar-refractivity contribution in [3.63, 3.8) is 0 Å². The number of carboxylic acids is 1. The van der Waals surface area contributed by atoms with E-state index in [1.165, 1.54) is 0 Å². The molecule has 8 heteroatoms. The maximum Gasteiger partial charge on any atom is 0.322 e. The molecule has 0 saturated heterocycles. The zero-order chi connectivity index (χ0) is 21.2. The van der Waals surface area contributed by atoms with Crippen LogP contribution in [0.2, 0.25) is 0 Å². The number of amidine groups is 2. The van der Waals surface area contributed by atoms with E-state index < -0.39 is 18.4 Å². The fourth-order valence-corrected chi connectivity index (χ4v) is 3.50. The van der Waals surface area contributed by atoms with Gasteiger partial charge in [0.15, 0.2) is 11.4 Å². The van der Waals surface area contributed by atoms with Gasteiger partial charge in [-0.25, -0.2) is 0 Å².